The van der Waals surface area contributed by atoms with Gasteiger partial charge in [0, 0.05) is 19.3 Å². The molecule has 94 valence electrons. The second kappa shape index (κ2) is 4.47. The zero-order chi connectivity index (χ0) is 12.5. The van der Waals surface area contributed by atoms with Gasteiger partial charge in [0.1, 0.15) is 5.69 Å². The molecule has 3 heterocycles. The number of hydrogen-bond acceptors (Lipinski definition) is 5. The molecular formula is C12H13N3O3. The molecule has 1 aromatic heterocycles. The fourth-order valence-corrected chi connectivity index (χ4v) is 2.22. The molecule has 1 unspecified atom stereocenters. The Labute approximate surface area is 104 Å². The molecule has 0 radical (unpaired) electrons. The average molecular weight is 247 g/mol. The molecule has 2 aliphatic rings. The molecule has 1 aromatic rings. The predicted octanol–water partition coefficient (Wildman–Crippen LogP) is -0.334. The van der Waals surface area contributed by atoms with Crippen molar-refractivity contribution >= 4 is 11.8 Å². The highest BCUT2D eigenvalue weighted by Crippen LogP contribution is 2.20. The number of amides is 2. The van der Waals surface area contributed by atoms with Crippen LogP contribution >= 0.6 is 0 Å². The molecule has 1 fully saturated rings. The third-order valence-electron chi connectivity index (χ3n) is 3.12. The van der Waals surface area contributed by atoms with E-state index >= 15 is 0 Å². The summed E-state index contributed by atoms with van der Waals surface area (Å²) >= 11 is 0. The summed E-state index contributed by atoms with van der Waals surface area (Å²) in [6, 6.07) is 3.29. The summed E-state index contributed by atoms with van der Waals surface area (Å²) in [4.78, 5) is 29.3. The van der Waals surface area contributed by atoms with Crippen LogP contribution in [0.1, 0.15) is 20.8 Å². The molecule has 0 spiro atoms. The third kappa shape index (κ3) is 1.79. The molecule has 2 aliphatic heterocycles. The van der Waals surface area contributed by atoms with E-state index < -0.39 is 0 Å². The van der Waals surface area contributed by atoms with Gasteiger partial charge in [-0.25, -0.2) is 0 Å². The van der Waals surface area contributed by atoms with Gasteiger partial charge < -0.3 is 10.1 Å². The fraction of sp³-hybridized carbons (Fsp3) is 0.417. The molecule has 0 aliphatic carbocycles. The number of nitrogens with one attached hydrogen (secondary N) is 1. The largest absolute Gasteiger partial charge is 0.374 e. The second-order valence-electron chi connectivity index (χ2n) is 4.32. The van der Waals surface area contributed by atoms with Crippen molar-refractivity contribution in [3.8, 4) is 0 Å². The Kier molecular flexibility index (Phi) is 2.81. The van der Waals surface area contributed by atoms with Crippen molar-refractivity contribution in [2.45, 2.75) is 6.10 Å². The van der Waals surface area contributed by atoms with Crippen molar-refractivity contribution in [1.82, 2.24) is 15.2 Å². The summed E-state index contributed by atoms with van der Waals surface area (Å²) in [7, 11) is 0. The lowest BCUT2D eigenvalue weighted by Gasteiger charge is -2.26. The quantitative estimate of drug-likeness (QED) is 0.724. The molecule has 1 N–H and O–H groups in total. The summed E-state index contributed by atoms with van der Waals surface area (Å²) in [5, 5.41) is 3.17. The van der Waals surface area contributed by atoms with Gasteiger partial charge in [-0.15, -0.1) is 0 Å². The van der Waals surface area contributed by atoms with E-state index in [2.05, 4.69) is 10.3 Å². The zero-order valence-corrected chi connectivity index (χ0v) is 9.76. The standard InChI is InChI=1S/C12H13N3O3/c16-11-9-2-1-3-14-10(9)12(17)15(11)7-8-6-13-4-5-18-8/h1-3,8,13H,4-7H2. The maximum atomic E-state index is 12.1. The molecule has 1 saturated heterocycles. The number of aromatic nitrogens is 1. The van der Waals surface area contributed by atoms with Crippen LogP contribution in [0.5, 0.6) is 0 Å². The van der Waals surface area contributed by atoms with E-state index in [1.165, 1.54) is 11.1 Å². The summed E-state index contributed by atoms with van der Waals surface area (Å²) < 4.78 is 5.51. The van der Waals surface area contributed by atoms with Gasteiger partial charge in [0.15, 0.2) is 0 Å². The highest BCUT2D eigenvalue weighted by atomic mass is 16.5. The van der Waals surface area contributed by atoms with Crippen LogP contribution in [0.25, 0.3) is 0 Å². The maximum Gasteiger partial charge on any atom is 0.280 e. The molecule has 6 heteroatoms. The zero-order valence-electron chi connectivity index (χ0n) is 9.76. The van der Waals surface area contributed by atoms with E-state index in [4.69, 9.17) is 4.74 Å². The molecule has 1 atom stereocenters. The number of ether oxygens (including phenoxy) is 1. The first-order chi connectivity index (χ1) is 8.77. The summed E-state index contributed by atoms with van der Waals surface area (Å²) in [6.07, 6.45) is 1.38. The highest BCUT2D eigenvalue weighted by molar-refractivity contribution is 6.20. The molecule has 2 amide bonds. The molecule has 0 aromatic carbocycles. The van der Waals surface area contributed by atoms with Crippen LogP contribution in [0.15, 0.2) is 18.3 Å². The Balaban J connectivity index is 1.79. The average Bonchev–Trinajstić information content (AvgIpc) is 2.66. The Morgan fingerprint density at radius 1 is 1.44 bits per heavy atom. The number of fused-ring (bicyclic) bond motifs is 1. The molecule has 6 nitrogen and oxygen atoms in total. The van der Waals surface area contributed by atoms with Gasteiger partial charge in [-0.3, -0.25) is 19.5 Å². The van der Waals surface area contributed by atoms with Crippen LogP contribution in [0.2, 0.25) is 0 Å². The van der Waals surface area contributed by atoms with Gasteiger partial charge in [0.25, 0.3) is 11.8 Å². The van der Waals surface area contributed by atoms with Crippen molar-refractivity contribution in [2.24, 2.45) is 0 Å². The minimum atomic E-state index is -0.329. The number of imide groups is 1. The van der Waals surface area contributed by atoms with Crippen molar-refractivity contribution in [3.63, 3.8) is 0 Å². The van der Waals surface area contributed by atoms with Gasteiger partial charge in [0.05, 0.1) is 24.8 Å². The van der Waals surface area contributed by atoms with E-state index in [1.54, 1.807) is 12.1 Å². The van der Waals surface area contributed by atoms with Crippen LogP contribution in [-0.2, 0) is 4.74 Å². The minimum Gasteiger partial charge on any atom is -0.374 e. The first kappa shape index (κ1) is 11.3. The number of morpholine rings is 1. The SMILES string of the molecule is O=C1c2cccnc2C(=O)N1CC1CNCCO1. The van der Waals surface area contributed by atoms with E-state index in [-0.39, 0.29) is 30.2 Å². The summed E-state index contributed by atoms with van der Waals surface area (Å²) in [5.41, 5.74) is 0.623. The Morgan fingerprint density at radius 2 is 2.33 bits per heavy atom. The van der Waals surface area contributed by atoms with Gasteiger partial charge in [-0.05, 0) is 12.1 Å². The monoisotopic (exact) mass is 247 g/mol. The Bertz CT molecular complexity index is 462. The van der Waals surface area contributed by atoms with Gasteiger partial charge in [-0.2, -0.15) is 0 Å². The van der Waals surface area contributed by atoms with Crippen LogP contribution in [0.3, 0.4) is 0 Å². The van der Waals surface area contributed by atoms with E-state index in [0.29, 0.717) is 18.7 Å². The Hall–Kier alpha value is -1.79. The summed E-state index contributed by atoms with van der Waals surface area (Å²) in [5.74, 6) is -0.609. The van der Waals surface area contributed by atoms with Crippen LogP contribution in [0.4, 0.5) is 0 Å². The number of hydrogen-bond donors (Lipinski definition) is 1. The molecule has 3 rings (SSSR count). The van der Waals surface area contributed by atoms with Gasteiger partial charge in [0.2, 0.25) is 0 Å². The lowest BCUT2D eigenvalue weighted by Crippen LogP contribution is -2.46. The topological polar surface area (TPSA) is 71.5 Å². The lowest BCUT2D eigenvalue weighted by molar-refractivity contribution is 0.00855. The van der Waals surface area contributed by atoms with Crippen molar-refractivity contribution in [1.29, 1.82) is 0 Å². The number of nitrogens with zero attached hydrogens (tertiary/aromatic N) is 2. The van der Waals surface area contributed by atoms with Crippen molar-refractivity contribution in [2.75, 3.05) is 26.2 Å². The van der Waals surface area contributed by atoms with Gasteiger partial charge in [-0.1, -0.05) is 0 Å². The first-order valence-corrected chi connectivity index (χ1v) is 5.91. The predicted molar refractivity (Wildman–Crippen MR) is 62.2 cm³/mol. The highest BCUT2D eigenvalue weighted by Gasteiger charge is 2.38. The number of carbonyl (C=O) groups excluding carboxylic acids is 2. The van der Waals surface area contributed by atoms with E-state index in [0.717, 1.165) is 6.54 Å². The van der Waals surface area contributed by atoms with Gasteiger partial charge >= 0.3 is 0 Å². The molecule has 18 heavy (non-hydrogen) atoms. The fourth-order valence-electron chi connectivity index (χ4n) is 2.22. The smallest absolute Gasteiger partial charge is 0.280 e. The number of rotatable bonds is 2. The normalized spacial score (nSPS) is 23.3. The molecular weight excluding hydrogens is 234 g/mol. The maximum absolute atomic E-state index is 12.1. The first-order valence-electron chi connectivity index (χ1n) is 5.91. The Morgan fingerprint density at radius 3 is 3.06 bits per heavy atom. The van der Waals surface area contributed by atoms with Crippen molar-refractivity contribution < 1.29 is 14.3 Å². The second-order valence-corrected chi connectivity index (χ2v) is 4.32. The molecule has 0 saturated carbocycles. The van der Waals surface area contributed by atoms with E-state index in [9.17, 15) is 9.59 Å². The molecule has 0 bridgehead atoms. The van der Waals surface area contributed by atoms with E-state index in [1.807, 2.05) is 0 Å². The number of carbonyl (C=O) groups is 2. The third-order valence-corrected chi connectivity index (χ3v) is 3.12. The lowest BCUT2D eigenvalue weighted by atomic mass is 10.2. The van der Waals surface area contributed by atoms with Crippen LogP contribution in [-0.4, -0.2) is 54.0 Å². The van der Waals surface area contributed by atoms with Crippen LogP contribution < -0.4 is 5.32 Å². The number of pyridine rings is 1. The minimum absolute atomic E-state index is 0.138. The summed E-state index contributed by atoms with van der Waals surface area (Å²) in [6.45, 7) is 2.34. The van der Waals surface area contributed by atoms with Crippen molar-refractivity contribution in [3.05, 3.63) is 29.6 Å². The van der Waals surface area contributed by atoms with Crippen LogP contribution in [0, 0.1) is 0 Å².